The maximum atomic E-state index is 12.8. The van der Waals surface area contributed by atoms with Crippen molar-refractivity contribution in [1.82, 2.24) is 14.5 Å². The molecule has 1 aromatic carbocycles. The summed E-state index contributed by atoms with van der Waals surface area (Å²) < 4.78 is 24.9. The Balaban J connectivity index is 0.000000420. The number of nitrogens with zero attached hydrogens (tertiary/aromatic N) is 3. The standard InChI is InChI=1S/C19H26N4O4S.C7H14/c1-4-11-28(26,27)23-13-16(20-19(23)25)18(24)22-9-7-21(8-10-22)17-12-14(2)5-6-15(17)3;1-7-5-3-2-4-6-7/h4-6,12,16H,1,7-11,13H2,2-3H3,(H,20,25);7H,2-6H2,1H3. The third kappa shape index (κ3) is 6.99. The molecule has 0 bridgehead atoms. The Labute approximate surface area is 210 Å². The van der Waals surface area contributed by atoms with Crippen LogP contribution in [0.2, 0.25) is 0 Å². The molecule has 0 radical (unpaired) electrons. The average molecular weight is 505 g/mol. The lowest BCUT2D eigenvalue weighted by Crippen LogP contribution is -2.54. The van der Waals surface area contributed by atoms with Crippen molar-refractivity contribution in [2.75, 3.05) is 43.4 Å². The second kappa shape index (κ2) is 11.9. The van der Waals surface area contributed by atoms with Crippen molar-refractivity contribution in [2.24, 2.45) is 5.92 Å². The van der Waals surface area contributed by atoms with Gasteiger partial charge in [0.05, 0.1) is 12.3 Å². The molecule has 8 nitrogen and oxygen atoms in total. The Bertz CT molecular complexity index is 1010. The fraction of sp³-hybridized carbons (Fsp3) is 0.615. The highest BCUT2D eigenvalue weighted by molar-refractivity contribution is 7.89. The molecule has 3 aliphatic rings. The van der Waals surface area contributed by atoms with Gasteiger partial charge in [-0.2, -0.15) is 0 Å². The number of urea groups is 1. The first kappa shape index (κ1) is 27.0. The van der Waals surface area contributed by atoms with Crippen molar-refractivity contribution >= 4 is 27.6 Å². The van der Waals surface area contributed by atoms with Crippen LogP contribution in [0.15, 0.2) is 30.9 Å². The molecule has 0 aromatic heterocycles. The van der Waals surface area contributed by atoms with E-state index in [4.69, 9.17) is 0 Å². The highest BCUT2D eigenvalue weighted by atomic mass is 32.2. The lowest BCUT2D eigenvalue weighted by Gasteiger charge is -2.37. The average Bonchev–Trinajstić information content (AvgIpc) is 3.24. The van der Waals surface area contributed by atoms with Crippen LogP contribution in [0.5, 0.6) is 0 Å². The number of carbonyl (C=O) groups excluding carboxylic acids is 2. The van der Waals surface area contributed by atoms with Crippen molar-refractivity contribution in [2.45, 2.75) is 58.9 Å². The van der Waals surface area contributed by atoms with Crippen molar-refractivity contribution < 1.29 is 18.0 Å². The molecule has 1 aromatic rings. The van der Waals surface area contributed by atoms with Crippen LogP contribution in [0.3, 0.4) is 0 Å². The van der Waals surface area contributed by atoms with Gasteiger partial charge in [0.25, 0.3) is 0 Å². The lowest BCUT2D eigenvalue weighted by molar-refractivity contribution is -0.133. The Morgan fingerprint density at radius 1 is 1.11 bits per heavy atom. The van der Waals surface area contributed by atoms with E-state index in [1.807, 2.05) is 0 Å². The van der Waals surface area contributed by atoms with Crippen molar-refractivity contribution in [3.8, 4) is 0 Å². The van der Waals surface area contributed by atoms with Crippen LogP contribution in [0, 0.1) is 19.8 Å². The summed E-state index contributed by atoms with van der Waals surface area (Å²) in [5.41, 5.74) is 3.55. The first-order valence-corrected chi connectivity index (χ1v) is 14.3. The van der Waals surface area contributed by atoms with Crippen molar-refractivity contribution in [1.29, 1.82) is 0 Å². The van der Waals surface area contributed by atoms with E-state index in [1.54, 1.807) is 4.90 Å². The molecule has 1 aliphatic carbocycles. The summed E-state index contributed by atoms with van der Waals surface area (Å²) in [6.45, 7) is 12.1. The predicted molar refractivity (Wildman–Crippen MR) is 140 cm³/mol. The molecule has 9 heteroatoms. The topological polar surface area (TPSA) is 90.0 Å². The maximum absolute atomic E-state index is 12.8. The van der Waals surface area contributed by atoms with Gasteiger partial charge in [-0.25, -0.2) is 17.5 Å². The molecular formula is C26H40N4O4S. The van der Waals surface area contributed by atoms with E-state index in [2.05, 4.69) is 55.8 Å². The molecule has 1 unspecified atom stereocenters. The number of hydrogen-bond donors (Lipinski definition) is 1. The molecule has 3 fully saturated rings. The van der Waals surface area contributed by atoms with Crippen LogP contribution >= 0.6 is 0 Å². The minimum atomic E-state index is -3.79. The second-order valence-corrected chi connectivity index (χ2v) is 11.9. The number of rotatable bonds is 5. The van der Waals surface area contributed by atoms with Gasteiger partial charge in [0, 0.05) is 31.9 Å². The first-order chi connectivity index (χ1) is 16.6. The van der Waals surface area contributed by atoms with Crippen molar-refractivity contribution in [3.63, 3.8) is 0 Å². The van der Waals surface area contributed by atoms with Crippen LogP contribution in [0.1, 0.15) is 50.2 Å². The highest BCUT2D eigenvalue weighted by Crippen LogP contribution is 2.24. The molecular weight excluding hydrogens is 464 g/mol. The fourth-order valence-corrected chi connectivity index (χ4v) is 6.05. The minimum absolute atomic E-state index is 0.176. The van der Waals surface area contributed by atoms with E-state index in [9.17, 15) is 18.0 Å². The number of hydrogen-bond acceptors (Lipinski definition) is 5. The normalized spacial score (nSPS) is 21.3. The number of carbonyl (C=O) groups is 2. The summed E-state index contributed by atoms with van der Waals surface area (Å²) in [4.78, 5) is 28.8. The third-order valence-corrected chi connectivity index (χ3v) is 8.67. The van der Waals surface area contributed by atoms with Gasteiger partial charge in [0.2, 0.25) is 15.9 Å². The molecule has 2 saturated heterocycles. The van der Waals surface area contributed by atoms with Crippen LogP contribution in [-0.2, 0) is 14.8 Å². The molecule has 2 heterocycles. The quantitative estimate of drug-likeness (QED) is 0.621. The van der Waals surface area contributed by atoms with Gasteiger partial charge in [0.1, 0.15) is 6.04 Å². The van der Waals surface area contributed by atoms with E-state index < -0.39 is 22.1 Å². The Morgan fingerprint density at radius 2 is 1.77 bits per heavy atom. The van der Waals surface area contributed by atoms with Crippen LogP contribution in [0.4, 0.5) is 10.5 Å². The molecule has 194 valence electrons. The molecule has 0 spiro atoms. The van der Waals surface area contributed by atoms with Crippen molar-refractivity contribution in [3.05, 3.63) is 42.0 Å². The van der Waals surface area contributed by atoms with Gasteiger partial charge in [-0.1, -0.05) is 57.2 Å². The number of sulfonamides is 1. The van der Waals surface area contributed by atoms with Gasteiger partial charge in [-0.3, -0.25) is 4.79 Å². The van der Waals surface area contributed by atoms with Gasteiger partial charge in [-0.15, -0.1) is 6.58 Å². The predicted octanol–water partition coefficient (Wildman–Crippen LogP) is 3.45. The third-order valence-electron chi connectivity index (χ3n) is 7.03. The van der Waals surface area contributed by atoms with E-state index in [1.165, 1.54) is 55.0 Å². The number of piperazine rings is 1. The summed E-state index contributed by atoms with van der Waals surface area (Å²) in [5.74, 6) is 0.453. The zero-order valence-electron chi connectivity index (χ0n) is 21.3. The van der Waals surface area contributed by atoms with Gasteiger partial charge >= 0.3 is 6.03 Å². The fourth-order valence-electron chi connectivity index (χ4n) is 4.89. The second-order valence-electron chi connectivity index (χ2n) is 9.95. The molecule has 4 rings (SSSR count). The van der Waals surface area contributed by atoms with Crippen LogP contribution < -0.4 is 10.2 Å². The van der Waals surface area contributed by atoms with E-state index in [-0.39, 0.29) is 18.2 Å². The maximum Gasteiger partial charge on any atom is 0.331 e. The Morgan fingerprint density at radius 3 is 2.34 bits per heavy atom. The molecule has 35 heavy (non-hydrogen) atoms. The van der Waals surface area contributed by atoms with Gasteiger partial charge < -0.3 is 15.1 Å². The molecule has 1 N–H and O–H groups in total. The monoisotopic (exact) mass is 504 g/mol. The van der Waals surface area contributed by atoms with E-state index in [0.717, 1.165) is 10.2 Å². The summed E-state index contributed by atoms with van der Waals surface area (Å²) in [6.07, 6.45) is 8.66. The number of nitrogens with one attached hydrogen (secondary N) is 1. The van der Waals surface area contributed by atoms with Gasteiger partial charge in [-0.05, 0) is 37.0 Å². The molecule has 3 amide bonds. The van der Waals surface area contributed by atoms with Gasteiger partial charge in [0.15, 0.2) is 0 Å². The SMILES string of the molecule is C=CCS(=O)(=O)N1CC(C(=O)N2CCN(c3cc(C)ccc3C)CC2)NC1=O.CC1CCCCC1. The largest absolute Gasteiger partial charge is 0.368 e. The summed E-state index contributed by atoms with van der Waals surface area (Å²) >= 11 is 0. The zero-order valence-corrected chi connectivity index (χ0v) is 22.1. The number of anilines is 1. The zero-order chi connectivity index (χ0) is 25.6. The summed E-state index contributed by atoms with van der Waals surface area (Å²) in [7, 11) is -3.79. The van der Waals surface area contributed by atoms with Crippen LogP contribution in [-0.4, -0.2) is 74.1 Å². The van der Waals surface area contributed by atoms with E-state index in [0.29, 0.717) is 26.2 Å². The first-order valence-electron chi connectivity index (χ1n) is 12.6. The Kier molecular flexibility index (Phi) is 9.21. The molecule has 1 atom stereocenters. The summed E-state index contributed by atoms with van der Waals surface area (Å²) in [6, 6.07) is 4.71. The number of aryl methyl sites for hydroxylation is 2. The number of benzene rings is 1. The Hall–Kier alpha value is -2.55. The molecule has 1 saturated carbocycles. The lowest BCUT2D eigenvalue weighted by atomic mass is 9.91. The smallest absolute Gasteiger partial charge is 0.331 e. The minimum Gasteiger partial charge on any atom is -0.368 e. The van der Waals surface area contributed by atoms with Crippen LogP contribution in [0.25, 0.3) is 0 Å². The van der Waals surface area contributed by atoms with E-state index >= 15 is 0 Å². The molecule has 2 aliphatic heterocycles. The number of amides is 3. The highest BCUT2D eigenvalue weighted by Gasteiger charge is 2.41. The summed E-state index contributed by atoms with van der Waals surface area (Å²) in [5, 5.41) is 2.49.